The zero-order chi connectivity index (χ0) is 12.4. The molecule has 0 aromatic heterocycles. The van der Waals surface area contributed by atoms with E-state index in [1.165, 1.54) is 0 Å². The summed E-state index contributed by atoms with van der Waals surface area (Å²) in [6.45, 7) is 6.20. The Morgan fingerprint density at radius 2 is 1.94 bits per heavy atom. The summed E-state index contributed by atoms with van der Waals surface area (Å²) in [7, 11) is 0. The van der Waals surface area contributed by atoms with E-state index in [4.69, 9.17) is 4.84 Å². The number of anilines is 1. The summed E-state index contributed by atoms with van der Waals surface area (Å²) < 4.78 is 0. The fraction of sp³-hybridized carbons (Fsp3) is 0.500. The number of carbonyl (C=O) groups is 1. The van der Waals surface area contributed by atoms with E-state index in [1.54, 1.807) is 0 Å². The molecule has 1 heterocycles. The molecule has 0 spiro atoms. The van der Waals surface area contributed by atoms with Gasteiger partial charge in [0.15, 0.2) is 0 Å². The Labute approximate surface area is 102 Å². The third-order valence-electron chi connectivity index (χ3n) is 3.34. The highest BCUT2D eigenvalue weighted by atomic mass is 16.7. The molecule has 0 amide bonds. The highest BCUT2D eigenvalue weighted by molar-refractivity contribution is 5.60. The molecular weight excluding hydrogens is 214 g/mol. The summed E-state index contributed by atoms with van der Waals surface area (Å²) in [5.41, 5.74) is 1.02. The van der Waals surface area contributed by atoms with E-state index < -0.39 is 0 Å². The number of benzene rings is 1. The summed E-state index contributed by atoms with van der Waals surface area (Å²) >= 11 is 0. The molecule has 0 radical (unpaired) electrons. The average Bonchev–Trinajstić information content (AvgIpc) is 2.67. The second-order valence-electron chi connectivity index (χ2n) is 4.92. The van der Waals surface area contributed by atoms with E-state index in [0.717, 1.165) is 12.0 Å². The minimum absolute atomic E-state index is 0.0555. The average molecular weight is 233 g/mol. The lowest BCUT2D eigenvalue weighted by atomic mass is 9.89. The molecule has 3 heteroatoms. The summed E-state index contributed by atoms with van der Waals surface area (Å²) in [5, 5.41) is 1.90. The topological polar surface area (TPSA) is 29.5 Å². The van der Waals surface area contributed by atoms with Crippen LogP contribution in [0.15, 0.2) is 30.3 Å². The molecule has 0 N–H and O–H groups in total. The number of para-hydroxylation sites is 1. The maximum atomic E-state index is 11.2. The van der Waals surface area contributed by atoms with Crippen LogP contribution in [0.1, 0.15) is 20.8 Å². The van der Waals surface area contributed by atoms with Crippen LogP contribution in [0.25, 0.3) is 0 Å². The summed E-state index contributed by atoms with van der Waals surface area (Å²) in [5.74, 6) is 0.311. The van der Waals surface area contributed by atoms with Crippen molar-refractivity contribution < 1.29 is 9.63 Å². The first-order valence-corrected chi connectivity index (χ1v) is 6.11. The molecule has 1 aliphatic heterocycles. The van der Waals surface area contributed by atoms with Gasteiger partial charge in [-0.25, -0.2) is 5.06 Å². The molecule has 1 aliphatic rings. The molecule has 92 valence electrons. The molecule has 3 nitrogen and oxygen atoms in total. The van der Waals surface area contributed by atoms with Gasteiger partial charge in [0.05, 0.1) is 23.8 Å². The zero-order valence-electron chi connectivity index (χ0n) is 10.5. The SMILES string of the molecule is CC(C)[C@@H]1[C@@H](C=O)[C@H](C)ON1c1ccccc1. The number of hydroxylamine groups is 1. The molecule has 3 atom stereocenters. The highest BCUT2D eigenvalue weighted by Crippen LogP contribution is 2.34. The van der Waals surface area contributed by atoms with Crippen molar-refractivity contribution in [3.8, 4) is 0 Å². The molecule has 1 aromatic rings. The molecule has 0 saturated carbocycles. The monoisotopic (exact) mass is 233 g/mol. The van der Waals surface area contributed by atoms with Crippen LogP contribution >= 0.6 is 0 Å². The Morgan fingerprint density at radius 3 is 2.47 bits per heavy atom. The molecule has 1 aromatic carbocycles. The van der Waals surface area contributed by atoms with Crippen molar-refractivity contribution in [2.45, 2.75) is 32.9 Å². The van der Waals surface area contributed by atoms with E-state index >= 15 is 0 Å². The molecule has 0 bridgehead atoms. The van der Waals surface area contributed by atoms with E-state index in [1.807, 2.05) is 42.3 Å². The first kappa shape index (κ1) is 12.1. The molecule has 2 rings (SSSR count). The predicted octanol–water partition coefficient (Wildman–Crippen LogP) is 2.67. The first-order chi connectivity index (χ1) is 8.15. The summed E-state index contributed by atoms with van der Waals surface area (Å²) in [6.07, 6.45) is 0.971. The molecule has 17 heavy (non-hydrogen) atoms. The highest BCUT2D eigenvalue weighted by Gasteiger charge is 2.42. The van der Waals surface area contributed by atoms with Gasteiger partial charge in [-0.15, -0.1) is 0 Å². The number of aldehydes is 1. The van der Waals surface area contributed by atoms with Crippen LogP contribution in [0.2, 0.25) is 0 Å². The molecular formula is C14H19NO2. The third kappa shape index (κ3) is 2.20. The Hall–Kier alpha value is -1.35. The van der Waals surface area contributed by atoms with Gasteiger partial charge >= 0.3 is 0 Å². The molecule has 1 fully saturated rings. The largest absolute Gasteiger partial charge is 0.303 e. The Kier molecular flexibility index (Phi) is 3.48. The second-order valence-corrected chi connectivity index (χ2v) is 4.92. The van der Waals surface area contributed by atoms with Crippen LogP contribution in [0.5, 0.6) is 0 Å². The number of hydrogen-bond donors (Lipinski definition) is 0. The Balaban J connectivity index is 2.31. The van der Waals surface area contributed by atoms with Crippen LogP contribution in [-0.4, -0.2) is 18.4 Å². The third-order valence-corrected chi connectivity index (χ3v) is 3.34. The number of carbonyl (C=O) groups excluding carboxylic acids is 1. The first-order valence-electron chi connectivity index (χ1n) is 6.11. The minimum atomic E-state index is -0.0600. The molecule has 0 aliphatic carbocycles. The normalized spacial score (nSPS) is 28.7. The summed E-state index contributed by atoms with van der Waals surface area (Å²) in [4.78, 5) is 17.0. The lowest BCUT2D eigenvalue weighted by Crippen LogP contribution is -2.37. The van der Waals surface area contributed by atoms with Gasteiger partial charge in [0.2, 0.25) is 0 Å². The Bertz CT molecular complexity index is 377. The predicted molar refractivity (Wildman–Crippen MR) is 67.6 cm³/mol. The van der Waals surface area contributed by atoms with Crippen molar-refractivity contribution in [2.75, 3.05) is 5.06 Å². The van der Waals surface area contributed by atoms with E-state index in [-0.39, 0.29) is 18.1 Å². The number of nitrogens with zero attached hydrogens (tertiary/aromatic N) is 1. The number of rotatable bonds is 3. The maximum Gasteiger partial charge on any atom is 0.127 e. The number of hydrogen-bond acceptors (Lipinski definition) is 3. The van der Waals surface area contributed by atoms with Crippen molar-refractivity contribution in [3.63, 3.8) is 0 Å². The minimum Gasteiger partial charge on any atom is -0.303 e. The lowest BCUT2D eigenvalue weighted by molar-refractivity contribution is -0.112. The van der Waals surface area contributed by atoms with Crippen LogP contribution < -0.4 is 5.06 Å². The smallest absolute Gasteiger partial charge is 0.127 e. The maximum absolute atomic E-state index is 11.2. The molecule has 0 unspecified atom stereocenters. The van der Waals surface area contributed by atoms with Gasteiger partial charge in [0.25, 0.3) is 0 Å². The van der Waals surface area contributed by atoms with Crippen molar-refractivity contribution in [1.29, 1.82) is 0 Å². The van der Waals surface area contributed by atoms with Gasteiger partial charge in [-0.1, -0.05) is 32.0 Å². The van der Waals surface area contributed by atoms with Crippen molar-refractivity contribution >= 4 is 12.0 Å². The van der Waals surface area contributed by atoms with Gasteiger partial charge in [0.1, 0.15) is 6.29 Å². The van der Waals surface area contributed by atoms with E-state index in [2.05, 4.69) is 13.8 Å². The molecule has 1 saturated heterocycles. The lowest BCUT2D eigenvalue weighted by Gasteiger charge is -2.28. The van der Waals surface area contributed by atoms with Crippen LogP contribution in [0.4, 0.5) is 5.69 Å². The zero-order valence-corrected chi connectivity index (χ0v) is 10.5. The summed E-state index contributed by atoms with van der Waals surface area (Å²) in [6, 6.07) is 10.1. The van der Waals surface area contributed by atoms with E-state index in [0.29, 0.717) is 5.92 Å². The van der Waals surface area contributed by atoms with Crippen LogP contribution in [0.3, 0.4) is 0 Å². The van der Waals surface area contributed by atoms with Gasteiger partial charge in [-0.3, -0.25) is 4.84 Å². The van der Waals surface area contributed by atoms with Gasteiger partial charge < -0.3 is 4.79 Å². The van der Waals surface area contributed by atoms with Crippen molar-refractivity contribution in [1.82, 2.24) is 0 Å². The van der Waals surface area contributed by atoms with Crippen molar-refractivity contribution in [2.24, 2.45) is 11.8 Å². The van der Waals surface area contributed by atoms with Gasteiger partial charge in [0, 0.05) is 0 Å². The van der Waals surface area contributed by atoms with Gasteiger partial charge in [-0.2, -0.15) is 0 Å². The standard InChI is InChI=1S/C14H19NO2/c1-10(2)14-13(9-16)11(3)17-15(14)12-7-5-4-6-8-12/h4-11,13-14H,1-3H3/t11-,13-,14+/m0/s1. The second kappa shape index (κ2) is 4.88. The van der Waals surface area contributed by atoms with Crippen LogP contribution in [-0.2, 0) is 9.63 Å². The van der Waals surface area contributed by atoms with Gasteiger partial charge in [-0.05, 0) is 25.0 Å². The van der Waals surface area contributed by atoms with Crippen molar-refractivity contribution in [3.05, 3.63) is 30.3 Å². The quantitative estimate of drug-likeness (QED) is 0.752. The fourth-order valence-corrected chi connectivity index (χ4v) is 2.47. The Morgan fingerprint density at radius 1 is 1.29 bits per heavy atom. The fourth-order valence-electron chi connectivity index (χ4n) is 2.47. The van der Waals surface area contributed by atoms with Crippen LogP contribution in [0, 0.1) is 11.8 Å². The van der Waals surface area contributed by atoms with E-state index in [9.17, 15) is 4.79 Å².